The van der Waals surface area contributed by atoms with Crippen LogP contribution in [0.1, 0.15) is 24.2 Å². The van der Waals surface area contributed by atoms with E-state index in [4.69, 9.17) is 0 Å². The van der Waals surface area contributed by atoms with Crippen LogP contribution < -0.4 is 5.32 Å². The first-order valence-corrected chi connectivity index (χ1v) is 8.14. The van der Waals surface area contributed by atoms with Crippen molar-refractivity contribution in [2.45, 2.75) is 19.9 Å². The molecule has 0 heterocycles. The van der Waals surface area contributed by atoms with Gasteiger partial charge in [-0.3, -0.25) is 4.79 Å². The summed E-state index contributed by atoms with van der Waals surface area (Å²) in [6, 6.07) is 11.1. The lowest BCUT2D eigenvalue weighted by atomic mass is 10.0. The zero-order valence-corrected chi connectivity index (χ0v) is 13.7. The number of hydrogen-bond donors (Lipinski definition) is 2. The molecule has 3 nitrogen and oxygen atoms in total. The van der Waals surface area contributed by atoms with Crippen LogP contribution in [-0.4, -0.2) is 21.5 Å². The van der Waals surface area contributed by atoms with Gasteiger partial charge in [0.05, 0.1) is 5.56 Å². The third kappa shape index (κ3) is 3.06. The summed E-state index contributed by atoms with van der Waals surface area (Å²) in [6.45, 7) is 4.15. The van der Waals surface area contributed by atoms with Crippen LogP contribution in [0, 0.1) is 5.92 Å². The lowest BCUT2D eigenvalue weighted by molar-refractivity contribution is 0.0929. The average molecular weight is 383 g/mol. The third-order valence-electron chi connectivity index (χ3n) is 3.43. The molecule has 2 aromatic carbocycles. The average Bonchev–Trinajstić information content (AvgIpc) is 2.44. The van der Waals surface area contributed by atoms with Gasteiger partial charge in [0.1, 0.15) is 5.75 Å². The first kappa shape index (κ1) is 15.1. The smallest absolute Gasteiger partial charge is 0.255 e. The van der Waals surface area contributed by atoms with Crippen LogP contribution in [0.15, 0.2) is 36.4 Å². The van der Waals surface area contributed by atoms with Gasteiger partial charge in [-0.25, -0.2) is 0 Å². The van der Waals surface area contributed by atoms with Crippen LogP contribution in [0.4, 0.5) is 0 Å². The molecule has 0 aliphatic heterocycles. The number of hydrogen-bond acceptors (Lipinski definition) is 2. The molecule has 0 aliphatic carbocycles. The molecule has 1 amide bonds. The lowest BCUT2D eigenvalue weighted by Crippen LogP contribution is -2.39. The minimum absolute atomic E-state index is 0.0524. The van der Waals surface area contributed by atoms with Crippen molar-refractivity contribution in [3.05, 3.63) is 42.0 Å². The van der Waals surface area contributed by atoms with Crippen molar-refractivity contribution in [2.24, 2.45) is 5.92 Å². The predicted octanol–water partition coefficient (Wildman–Crippen LogP) is 3.73. The summed E-state index contributed by atoms with van der Waals surface area (Å²) in [6.07, 6.45) is 0. The Morgan fingerprint density at radius 3 is 2.60 bits per heavy atom. The Balaban J connectivity index is 2.33. The third-order valence-corrected chi connectivity index (χ3v) is 4.38. The second-order valence-corrected chi connectivity index (χ2v) is 6.04. The van der Waals surface area contributed by atoms with Gasteiger partial charge in [0.25, 0.3) is 5.91 Å². The van der Waals surface area contributed by atoms with E-state index in [9.17, 15) is 9.90 Å². The number of benzene rings is 2. The van der Waals surface area contributed by atoms with Crippen LogP contribution >= 0.6 is 22.6 Å². The second-order valence-electron chi connectivity index (χ2n) is 5.16. The molecule has 0 saturated heterocycles. The molecule has 0 aliphatic rings. The molecule has 1 unspecified atom stereocenters. The molecule has 2 N–H and O–H groups in total. The molecule has 4 heteroatoms. The molecule has 2 aromatic rings. The van der Waals surface area contributed by atoms with Crippen LogP contribution in [0.2, 0.25) is 0 Å². The fourth-order valence-electron chi connectivity index (χ4n) is 2.07. The maximum absolute atomic E-state index is 12.3. The van der Waals surface area contributed by atoms with Gasteiger partial charge < -0.3 is 10.4 Å². The summed E-state index contributed by atoms with van der Waals surface area (Å²) in [4.78, 5) is 12.3. The fourth-order valence-corrected chi connectivity index (χ4v) is 3.31. The van der Waals surface area contributed by atoms with Gasteiger partial charge in [-0.1, -0.05) is 66.8 Å². The number of phenolic OH excluding ortho intramolecular Hbond substituents is 1. The van der Waals surface area contributed by atoms with Crippen molar-refractivity contribution >= 4 is 39.3 Å². The number of halogens is 1. The normalized spacial score (nSPS) is 12.6. The SMILES string of the molecule is CC(C)C(CI)NC(=O)c1ccc2ccccc2c1O. The Hall–Kier alpha value is -1.30. The summed E-state index contributed by atoms with van der Waals surface area (Å²) in [5.74, 6) is 0.193. The summed E-state index contributed by atoms with van der Waals surface area (Å²) in [5, 5.41) is 14.9. The van der Waals surface area contributed by atoms with Gasteiger partial charge in [-0.05, 0) is 17.4 Å². The minimum atomic E-state index is -0.219. The van der Waals surface area contributed by atoms with Crippen molar-refractivity contribution in [3.63, 3.8) is 0 Å². The first-order valence-electron chi connectivity index (χ1n) is 6.62. The van der Waals surface area contributed by atoms with Gasteiger partial charge in [0.15, 0.2) is 0 Å². The quantitative estimate of drug-likeness (QED) is 0.625. The fraction of sp³-hybridized carbons (Fsp3) is 0.312. The Kier molecular flexibility index (Phi) is 4.86. The number of amides is 1. The van der Waals surface area contributed by atoms with E-state index in [1.54, 1.807) is 6.07 Å². The molecule has 0 radical (unpaired) electrons. The molecule has 106 valence electrons. The first-order chi connectivity index (χ1) is 9.54. The van der Waals surface area contributed by atoms with E-state index in [2.05, 4.69) is 41.8 Å². The lowest BCUT2D eigenvalue weighted by Gasteiger charge is -2.20. The van der Waals surface area contributed by atoms with Crippen molar-refractivity contribution < 1.29 is 9.90 Å². The Morgan fingerprint density at radius 2 is 1.95 bits per heavy atom. The summed E-state index contributed by atoms with van der Waals surface area (Å²) < 4.78 is 0.843. The number of fused-ring (bicyclic) bond motifs is 1. The molecule has 0 fully saturated rings. The Labute approximate surface area is 132 Å². The molecule has 0 bridgehead atoms. The van der Waals surface area contributed by atoms with Gasteiger partial charge in [-0.2, -0.15) is 0 Å². The maximum atomic E-state index is 12.3. The van der Waals surface area contributed by atoms with E-state index in [1.165, 1.54) is 0 Å². The topological polar surface area (TPSA) is 49.3 Å². The van der Waals surface area contributed by atoms with Crippen molar-refractivity contribution in [1.29, 1.82) is 0 Å². The number of aromatic hydroxyl groups is 1. The molecular weight excluding hydrogens is 365 g/mol. The van der Waals surface area contributed by atoms with Crippen molar-refractivity contribution in [2.75, 3.05) is 4.43 Å². The predicted molar refractivity (Wildman–Crippen MR) is 90.6 cm³/mol. The number of nitrogens with one attached hydrogen (secondary N) is 1. The number of alkyl halides is 1. The molecule has 0 saturated carbocycles. The zero-order valence-electron chi connectivity index (χ0n) is 11.6. The zero-order chi connectivity index (χ0) is 14.7. The second kappa shape index (κ2) is 6.43. The van der Waals surface area contributed by atoms with E-state index in [1.807, 2.05) is 30.3 Å². The minimum Gasteiger partial charge on any atom is -0.506 e. The highest BCUT2D eigenvalue weighted by Crippen LogP contribution is 2.28. The Bertz CT molecular complexity index is 625. The van der Waals surface area contributed by atoms with Gasteiger partial charge in [0.2, 0.25) is 0 Å². The van der Waals surface area contributed by atoms with Crippen LogP contribution in [0.25, 0.3) is 10.8 Å². The van der Waals surface area contributed by atoms with Gasteiger partial charge in [-0.15, -0.1) is 0 Å². The highest BCUT2D eigenvalue weighted by atomic mass is 127. The van der Waals surface area contributed by atoms with E-state index in [0.29, 0.717) is 16.9 Å². The van der Waals surface area contributed by atoms with Crippen LogP contribution in [0.5, 0.6) is 5.75 Å². The number of carbonyl (C=O) groups is 1. The highest BCUT2D eigenvalue weighted by Gasteiger charge is 2.19. The standard InChI is InChI=1S/C16H18INO2/c1-10(2)14(9-17)18-16(20)13-8-7-11-5-3-4-6-12(11)15(13)19/h3-8,10,14,19H,9H2,1-2H3,(H,18,20). The van der Waals surface area contributed by atoms with Crippen LogP contribution in [0.3, 0.4) is 0 Å². The van der Waals surface area contributed by atoms with E-state index < -0.39 is 0 Å². The summed E-state index contributed by atoms with van der Waals surface area (Å²) in [7, 11) is 0. The summed E-state index contributed by atoms with van der Waals surface area (Å²) in [5.41, 5.74) is 0.333. The number of phenols is 1. The van der Waals surface area contributed by atoms with Gasteiger partial charge in [0, 0.05) is 15.9 Å². The van der Waals surface area contributed by atoms with Crippen molar-refractivity contribution in [3.8, 4) is 5.75 Å². The number of rotatable bonds is 4. The molecule has 1 atom stereocenters. The largest absolute Gasteiger partial charge is 0.506 e. The monoisotopic (exact) mass is 383 g/mol. The molecule has 0 spiro atoms. The van der Waals surface area contributed by atoms with Crippen molar-refractivity contribution in [1.82, 2.24) is 5.32 Å². The number of carbonyl (C=O) groups excluding carboxylic acids is 1. The molecule has 0 aromatic heterocycles. The summed E-state index contributed by atoms with van der Waals surface area (Å²) >= 11 is 2.26. The van der Waals surface area contributed by atoms with E-state index >= 15 is 0 Å². The van der Waals surface area contributed by atoms with E-state index in [0.717, 1.165) is 9.81 Å². The van der Waals surface area contributed by atoms with Gasteiger partial charge >= 0.3 is 0 Å². The van der Waals surface area contributed by atoms with Crippen LogP contribution in [-0.2, 0) is 0 Å². The molecule has 2 rings (SSSR count). The molecular formula is C16H18INO2. The highest BCUT2D eigenvalue weighted by molar-refractivity contribution is 14.1. The Morgan fingerprint density at radius 1 is 1.25 bits per heavy atom. The van der Waals surface area contributed by atoms with E-state index in [-0.39, 0.29) is 17.7 Å². The molecule has 20 heavy (non-hydrogen) atoms. The maximum Gasteiger partial charge on any atom is 0.255 e.